The molecule has 0 aliphatic heterocycles. The van der Waals surface area contributed by atoms with Crippen LogP contribution in [0.2, 0.25) is 0 Å². The van der Waals surface area contributed by atoms with Gasteiger partial charge in [-0.1, -0.05) is 25.1 Å². The molecular weight excluding hydrogens is 374 g/mol. The molecule has 6 nitrogen and oxygen atoms in total. The van der Waals surface area contributed by atoms with Crippen LogP contribution in [0.15, 0.2) is 29.1 Å². The van der Waals surface area contributed by atoms with Crippen molar-refractivity contribution in [1.82, 2.24) is 15.1 Å². The van der Waals surface area contributed by atoms with E-state index in [4.69, 9.17) is 4.74 Å². The molecule has 0 spiro atoms. The third kappa shape index (κ3) is 4.10. The molecule has 0 bridgehead atoms. The number of aromatic nitrogens is 2. The van der Waals surface area contributed by atoms with Gasteiger partial charge in [-0.25, -0.2) is 4.68 Å². The number of carbonyl (C=O) groups excluding carboxylic acids is 1. The number of amides is 1. The van der Waals surface area contributed by atoms with Crippen LogP contribution in [0.3, 0.4) is 0 Å². The third-order valence-electron chi connectivity index (χ3n) is 4.66. The first-order chi connectivity index (χ1) is 13.4. The first-order valence-corrected chi connectivity index (χ1v) is 10.6. The fourth-order valence-electron chi connectivity index (χ4n) is 3.28. The van der Waals surface area contributed by atoms with Crippen molar-refractivity contribution in [2.45, 2.75) is 52.7 Å². The van der Waals surface area contributed by atoms with E-state index < -0.39 is 6.04 Å². The molecule has 1 N–H and O–H groups in total. The highest BCUT2D eigenvalue weighted by atomic mass is 32.1. The average molecular weight is 402 g/mol. The predicted molar refractivity (Wildman–Crippen MR) is 114 cm³/mol. The second-order valence-electron chi connectivity index (χ2n) is 7.13. The zero-order valence-electron chi connectivity index (χ0n) is 16.8. The van der Waals surface area contributed by atoms with E-state index in [0.717, 1.165) is 26.9 Å². The number of thiophene rings is 1. The number of ether oxygens (including phenoxy) is 1. The Labute approximate surface area is 168 Å². The minimum Gasteiger partial charge on any atom is -0.379 e. The minimum atomic E-state index is -0.625. The molecule has 1 atom stereocenters. The van der Waals surface area contributed by atoms with E-state index in [1.54, 1.807) is 11.3 Å². The van der Waals surface area contributed by atoms with Gasteiger partial charge in [0.2, 0.25) is 5.91 Å². The fraction of sp³-hybridized carbons (Fsp3) is 0.476. The lowest BCUT2D eigenvalue weighted by Gasteiger charge is -2.17. The monoisotopic (exact) mass is 401 g/mol. The van der Waals surface area contributed by atoms with E-state index in [1.807, 2.05) is 52.0 Å². The quantitative estimate of drug-likeness (QED) is 0.583. The predicted octanol–water partition coefficient (Wildman–Crippen LogP) is 3.80. The normalized spacial score (nSPS) is 12.8. The molecule has 7 heteroatoms. The number of nitrogens with one attached hydrogen (secondary N) is 1. The molecule has 150 valence electrons. The smallest absolute Gasteiger partial charge is 0.276 e. The van der Waals surface area contributed by atoms with Crippen LogP contribution in [-0.2, 0) is 9.53 Å². The van der Waals surface area contributed by atoms with Crippen molar-refractivity contribution < 1.29 is 9.53 Å². The van der Waals surface area contributed by atoms with Gasteiger partial charge in [-0.2, -0.15) is 5.10 Å². The van der Waals surface area contributed by atoms with Crippen molar-refractivity contribution in [3.63, 3.8) is 0 Å². The highest BCUT2D eigenvalue weighted by Gasteiger charge is 2.23. The lowest BCUT2D eigenvalue weighted by molar-refractivity contribution is -0.124. The zero-order valence-corrected chi connectivity index (χ0v) is 17.6. The van der Waals surface area contributed by atoms with Crippen molar-refractivity contribution in [3.8, 4) is 0 Å². The Morgan fingerprint density at radius 3 is 2.79 bits per heavy atom. The summed E-state index contributed by atoms with van der Waals surface area (Å²) < 4.78 is 8.80. The average Bonchev–Trinajstić information content (AvgIpc) is 3.06. The lowest BCUT2D eigenvalue weighted by Crippen LogP contribution is -2.39. The Morgan fingerprint density at radius 1 is 1.32 bits per heavy atom. The van der Waals surface area contributed by atoms with Crippen LogP contribution in [0.1, 0.15) is 45.3 Å². The molecule has 0 unspecified atom stereocenters. The second kappa shape index (κ2) is 8.84. The molecular formula is C21H27N3O3S. The number of carbonyl (C=O) groups is 1. The molecule has 2 heterocycles. The van der Waals surface area contributed by atoms with Crippen molar-refractivity contribution in [1.29, 1.82) is 0 Å². The van der Waals surface area contributed by atoms with Crippen LogP contribution >= 0.6 is 11.3 Å². The summed E-state index contributed by atoms with van der Waals surface area (Å²) in [5.41, 5.74) is 0.565. The van der Waals surface area contributed by atoms with Crippen molar-refractivity contribution in [3.05, 3.63) is 40.3 Å². The molecule has 0 fully saturated rings. The van der Waals surface area contributed by atoms with Crippen LogP contribution in [0.25, 0.3) is 20.2 Å². The van der Waals surface area contributed by atoms with Crippen molar-refractivity contribution in [2.75, 3.05) is 13.2 Å². The zero-order chi connectivity index (χ0) is 20.3. The van der Waals surface area contributed by atoms with Gasteiger partial charge in [0, 0.05) is 23.2 Å². The number of aryl methyl sites for hydroxylation is 1. The van der Waals surface area contributed by atoms with Crippen molar-refractivity contribution >= 4 is 37.4 Å². The van der Waals surface area contributed by atoms with Crippen LogP contribution in [0.5, 0.6) is 0 Å². The van der Waals surface area contributed by atoms with Crippen LogP contribution < -0.4 is 10.9 Å². The third-order valence-corrected chi connectivity index (χ3v) is 5.94. The number of hydrogen-bond donors (Lipinski definition) is 1. The molecule has 2 aromatic heterocycles. The standard InChI is InChI=1S/C21H27N3O3S/c1-5-16(20(25)22-11-8-12-27-13(2)3)24-21(26)18-15-9-6-7-10-17(15)28-19(18)14(4)23-24/h6-7,9-10,13,16H,5,8,11-12H2,1-4H3,(H,22,25)/t16-/m0/s1. The molecule has 0 aliphatic carbocycles. The Hall–Kier alpha value is -2.25. The lowest BCUT2D eigenvalue weighted by atomic mass is 10.1. The van der Waals surface area contributed by atoms with E-state index in [1.165, 1.54) is 4.68 Å². The van der Waals surface area contributed by atoms with Crippen LogP contribution in [0.4, 0.5) is 0 Å². The van der Waals surface area contributed by atoms with E-state index >= 15 is 0 Å². The highest BCUT2D eigenvalue weighted by Crippen LogP contribution is 2.33. The summed E-state index contributed by atoms with van der Waals surface area (Å²) in [7, 11) is 0. The number of nitrogens with zero attached hydrogens (tertiary/aromatic N) is 2. The van der Waals surface area contributed by atoms with Crippen molar-refractivity contribution in [2.24, 2.45) is 0 Å². The van der Waals surface area contributed by atoms with Gasteiger partial charge >= 0.3 is 0 Å². The van der Waals surface area contributed by atoms with Gasteiger partial charge in [-0.05, 0) is 39.7 Å². The van der Waals surface area contributed by atoms with Gasteiger partial charge in [0.1, 0.15) is 6.04 Å². The molecule has 0 saturated carbocycles. The van der Waals surface area contributed by atoms with Crippen LogP contribution in [-0.4, -0.2) is 34.9 Å². The summed E-state index contributed by atoms with van der Waals surface area (Å²) in [6, 6.07) is 7.23. The van der Waals surface area contributed by atoms with E-state index in [-0.39, 0.29) is 17.6 Å². The number of hydrogen-bond acceptors (Lipinski definition) is 5. The minimum absolute atomic E-state index is 0.178. The summed E-state index contributed by atoms with van der Waals surface area (Å²) >= 11 is 1.57. The molecule has 1 aromatic carbocycles. The Morgan fingerprint density at radius 2 is 2.07 bits per heavy atom. The van der Waals surface area contributed by atoms with Gasteiger partial charge in [-0.3, -0.25) is 9.59 Å². The maximum atomic E-state index is 13.2. The maximum absolute atomic E-state index is 13.2. The Balaban J connectivity index is 1.88. The largest absolute Gasteiger partial charge is 0.379 e. The number of rotatable bonds is 8. The second-order valence-corrected chi connectivity index (χ2v) is 8.18. The summed E-state index contributed by atoms with van der Waals surface area (Å²) in [6.45, 7) is 8.86. The van der Waals surface area contributed by atoms with Gasteiger partial charge in [0.25, 0.3) is 5.56 Å². The first kappa shape index (κ1) is 20.5. The molecule has 0 saturated heterocycles. The summed E-state index contributed by atoms with van der Waals surface area (Å²) in [5, 5.41) is 8.98. The van der Waals surface area contributed by atoms with Gasteiger partial charge in [0.05, 0.1) is 21.9 Å². The number of fused-ring (bicyclic) bond motifs is 3. The molecule has 3 aromatic rings. The van der Waals surface area contributed by atoms with E-state index in [2.05, 4.69) is 10.4 Å². The molecule has 0 radical (unpaired) electrons. The topological polar surface area (TPSA) is 73.2 Å². The Kier molecular flexibility index (Phi) is 6.46. The van der Waals surface area contributed by atoms with E-state index in [9.17, 15) is 9.59 Å². The fourth-order valence-corrected chi connectivity index (χ4v) is 4.42. The Bertz CT molecular complexity index is 1040. The molecule has 0 aliphatic rings. The van der Waals surface area contributed by atoms with Gasteiger partial charge < -0.3 is 10.1 Å². The highest BCUT2D eigenvalue weighted by molar-refractivity contribution is 7.26. The van der Waals surface area contributed by atoms with Gasteiger partial charge in [-0.15, -0.1) is 11.3 Å². The first-order valence-electron chi connectivity index (χ1n) is 9.74. The maximum Gasteiger partial charge on any atom is 0.276 e. The molecule has 28 heavy (non-hydrogen) atoms. The molecule has 1 amide bonds. The molecule has 3 rings (SSSR count). The summed E-state index contributed by atoms with van der Waals surface area (Å²) in [5.74, 6) is -0.181. The van der Waals surface area contributed by atoms with Gasteiger partial charge in [0.15, 0.2) is 0 Å². The SMILES string of the molecule is CC[C@@H](C(=O)NCCCOC(C)C)n1nc(C)c2sc3ccccc3c2c1=O. The number of benzene rings is 1. The van der Waals surface area contributed by atoms with Crippen LogP contribution in [0, 0.1) is 6.92 Å². The summed E-state index contributed by atoms with van der Waals surface area (Å²) in [4.78, 5) is 25.9. The summed E-state index contributed by atoms with van der Waals surface area (Å²) in [6.07, 6.45) is 1.40. The van der Waals surface area contributed by atoms with E-state index in [0.29, 0.717) is 25.0 Å².